The third-order valence-electron chi connectivity index (χ3n) is 22.1. The summed E-state index contributed by atoms with van der Waals surface area (Å²) in [6.45, 7) is 15.2. The van der Waals surface area contributed by atoms with Gasteiger partial charge in [0.2, 0.25) is 0 Å². The highest BCUT2D eigenvalue weighted by atomic mass is 32.3. The van der Waals surface area contributed by atoms with Crippen LogP contribution in [0.5, 0.6) is 0 Å². The Bertz CT molecular complexity index is 2670. The molecule has 6 saturated heterocycles. The Hall–Kier alpha value is -2.29. The minimum absolute atomic E-state index is 0.00396. The quantitative estimate of drug-likeness (QED) is 0.0427. The van der Waals surface area contributed by atoms with Crippen molar-refractivity contribution in [1.29, 1.82) is 0 Å². The van der Waals surface area contributed by atoms with Gasteiger partial charge in [0, 0.05) is 19.4 Å². The Labute approximate surface area is 523 Å². The number of aliphatic hydroxyl groups is 10. The van der Waals surface area contributed by atoms with E-state index in [1.807, 2.05) is 6.92 Å². The van der Waals surface area contributed by atoms with Crippen molar-refractivity contribution in [2.45, 2.75) is 273 Å². The Morgan fingerprint density at radius 2 is 1.32 bits per heavy atom. The summed E-state index contributed by atoms with van der Waals surface area (Å²) in [5.41, 5.74) is -2.36. The molecule has 11 N–H and O–H groups in total. The second-order valence-electron chi connectivity index (χ2n) is 28.4. The smallest absolute Gasteiger partial charge is 0.397 e. The number of carbonyl (C=O) groups is 2. The molecule has 516 valence electrons. The lowest BCUT2D eigenvalue weighted by atomic mass is 9.41. The Morgan fingerprint density at radius 3 is 1.98 bits per heavy atom. The third kappa shape index (κ3) is 12.6. The number of hydrogen-bond donors (Lipinski definition) is 11. The molecular weight excluding hydrogens is 1220 g/mol. The van der Waals surface area contributed by atoms with Crippen LogP contribution in [0.2, 0.25) is 0 Å². The average molecular weight is 1310 g/mol. The molecule has 9 fully saturated rings. The van der Waals surface area contributed by atoms with Crippen LogP contribution in [-0.2, 0) is 85.8 Å². The molecule has 30 heteroatoms. The van der Waals surface area contributed by atoms with E-state index in [-0.39, 0.29) is 29.1 Å². The van der Waals surface area contributed by atoms with Gasteiger partial charge in [-0.05, 0) is 93.8 Å². The number of rotatable bonds is 19. The minimum atomic E-state index is -5.26. The van der Waals surface area contributed by atoms with Crippen molar-refractivity contribution < 1.29 is 139 Å². The molecule has 0 aromatic rings. The van der Waals surface area contributed by atoms with Gasteiger partial charge in [-0.15, -0.1) is 0 Å². The molecule has 10 rings (SSSR count). The SMILES string of the molecule is CO[C@H]1[C@H](O)[C@H](O[C@H]2[C@@H](O)[C@@H](O[C@H]3[C@H](O)[C@@H](O[C@H]4OC[C@@H](O)[C@@H](O)[C@H]4O)[C@H](O[C@@H]4[C@@H](O[C@@H]5CC[C@@]6(C)[C@@H]7CC[C@]89C(=O)O[C@@](C)(CCCC(C)C)[C@H]8[C@H](OC(C)=O)C[C@@]9(C)C7=CC[C@@H]6C5(C)C)OC[C@@H](OS(=O)(=O)O)[C@@H]4O)O[C@@H]3C)OC[C@H]2O)O[C@@H](CO)[C@@H]1O. The van der Waals surface area contributed by atoms with E-state index in [0.29, 0.717) is 50.9 Å². The van der Waals surface area contributed by atoms with E-state index in [4.69, 9.17) is 65.8 Å². The first kappa shape index (κ1) is 70.5. The van der Waals surface area contributed by atoms with Gasteiger partial charge in [0.05, 0.1) is 50.0 Å². The van der Waals surface area contributed by atoms with E-state index in [1.165, 1.54) is 26.5 Å². The van der Waals surface area contributed by atoms with Gasteiger partial charge in [0.1, 0.15) is 109 Å². The first-order valence-corrected chi connectivity index (χ1v) is 33.0. The topological polar surface area (TPSA) is 420 Å². The molecule has 4 aliphatic carbocycles. The maximum atomic E-state index is 14.8. The van der Waals surface area contributed by atoms with Gasteiger partial charge in [-0.3, -0.25) is 14.1 Å². The summed E-state index contributed by atoms with van der Waals surface area (Å²) in [6.07, 6.45) is -30.9. The monoisotopic (exact) mass is 1310 g/mol. The molecule has 29 nitrogen and oxygen atoms in total. The van der Waals surface area contributed by atoms with Crippen LogP contribution in [-0.4, -0.2) is 263 Å². The molecule has 0 unspecified atom stereocenters. The molecule has 0 aromatic carbocycles. The maximum absolute atomic E-state index is 14.8. The molecule has 6 aliphatic heterocycles. The fraction of sp³-hybridized carbons (Fsp3) is 0.933. The summed E-state index contributed by atoms with van der Waals surface area (Å²) in [7, 11) is -4.06. The van der Waals surface area contributed by atoms with Gasteiger partial charge in [0.15, 0.2) is 31.5 Å². The molecule has 0 amide bonds. The largest absolute Gasteiger partial charge is 0.462 e. The zero-order valence-corrected chi connectivity index (χ0v) is 53.4. The number of aliphatic hydroxyl groups excluding tert-OH is 10. The number of ether oxygens (including phenoxy) is 13. The van der Waals surface area contributed by atoms with Crippen LogP contribution >= 0.6 is 0 Å². The van der Waals surface area contributed by atoms with E-state index < -0.39 is 212 Å². The number of esters is 2. The van der Waals surface area contributed by atoms with E-state index in [1.54, 1.807) is 0 Å². The number of cyclic esters (lactones) is 1. The van der Waals surface area contributed by atoms with Crippen LogP contribution < -0.4 is 0 Å². The fourth-order valence-corrected chi connectivity index (χ4v) is 18.2. The lowest BCUT2D eigenvalue weighted by molar-refractivity contribution is -0.399. The van der Waals surface area contributed by atoms with E-state index in [9.17, 15) is 73.6 Å². The average Bonchev–Trinajstić information content (AvgIpc) is 1.45. The molecule has 31 atom stereocenters. The van der Waals surface area contributed by atoms with E-state index in [2.05, 4.69) is 47.6 Å². The highest BCUT2D eigenvalue weighted by molar-refractivity contribution is 7.80. The zero-order chi connectivity index (χ0) is 65.7. The summed E-state index contributed by atoms with van der Waals surface area (Å²) >= 11 is 0. The van der Waals surface area contributed by atoms with Crippen LogP contribution in [0.15, 0.2) is 11.6 Å². The summed E-state index contributed by atoms with van der Waals surface area (Å²) in [4.78, 5) is 27.6. The van der Waals surface area contributed by atoms with Crippen molar-refractivity contribution in [3.05, 3.63) is 11.6 Å². The first-order valence-electron chi connectivity index (χ1n) is 31.6. The fourth-order valence-electron chi connectivity index (χ4n) is 17.7. The van der Waals surface area contributed by atoms with Gasteiger partial charge in [-0.25, -0.2) is 4.18 Å². The van der Waals surface area contributed by atoms with Gasteiger partial charge >= 0.3 is 22.3 Å². The number of hydrogen-bond acceptors (Lipinski definition) is 28. The van der Waals surface area contributed by atoms with Crippen molar-refractivity contribution in [2.24, 2.45) is 45.3 Å². The molecule has 6 heterocycles. The second-order valence-corrected chi connectivity index (χ2v) is 29.5. The first-order chi connectivity index (χ1) is 42.2. The minimum Gasteiger partial charge on any atom is -0.462 e. The molecule has 0 radical (unpaired) electrons. The van der Waals surface area contributed by atoms with Crippen LogP contribution in [0, 0.1) is 45.3 Å². The zero-order valence-electron chi connectivity index (χ0n) is 52.6. The molecular formula is C60H96O29S. The molecule has 0 aromatic heterocycles. The van der Waals surface area contributed by atoms with Gasteiger partial charge < -0.3 is 113 Å². The molecule has 1 spiro atoms. The van der Waals surface area contributed by atoms with Crippen LogP contribution in [0.1, 0.15) is 120 Å². The number of carbonyl (C=O) groups excluding carboxylic acids is 2. The summed E-state index contributed by atoms with van der Waals surface area (Å²) < 4.78 is 118. The Morgan fingerprint density at radius 1 is 0.700 bits per heavy atom. The van der Waals surface area contributed by atoms with Crippen LogP contribution in [0.3, 0.4) is 0 Å². The van der Waals surface area contributed by atoms with Crippen LogP contribution in [0.4, 0.5) is 0 Å². The van der Waals surface area contributed by atoms with Crippen LogP contribution in [0.25, 0.3) is 0 Å². The predicted octanol–water partition coefficient (Wildman–Crippen LogP) is -0.837. The number of methoxy groups -OCH3 is 1. The maximum Gasteiger partial charge on any atom is 0.397 e. The van der Waals surface area contributed by atoms with Gasteiger partial charge in [0.25, 0.3) is 0 Å². The van der Waals surface area contributed by atoms with Crippen molar-refractivity contribution in [3.63, 3.8) is 0 Å². The van der Waals surface area contributed by atoms with Crippen molar-refractivity contribution in [1.82, 2.24) is 0 Å². The molecule has 3 saturated carbocycles. The number of fused-ring (bicyclic) bond motifs is 4. The van der Waals surface area contributed by atoms with E-state index >= 15 is 0 Å². The second kappa shape index (κ2) is 26.6. The Balaban J connectivity index is 0.904. The summed E-state index contributed by atoms with van der Waals surface area (Å²) in [6, 6.07) is 0. The predicted molar refractivity (Wildman–Crippen MR) is 302 cm³/mol. The van der Waals surface area contributed by atoms with Crippen molar-refractivity contribution in [3.8, 4) is 0 Å². The van der Waals surface area contributed by atoms with Crippen molar-refractivity contribution in [2.75, 3.05) is 33.5 Å². The van der Waals surface area contributed by atoms with Gasteiger partial charge in [-0.2, -0.15) is 8.42 Å². The molecule has 90 heavy (non-hydrogen) atoms. The lowest BCUT2D eigenvalue weighted by Crippen LogP contribution is -2.67. The number of allylic oxidation sites excluding steroid dienone is 2. The molecule has 10 aliphatic rings. The third-order valence-corrected chi connectivity index (χ3v) is 22.6. The van der Waals surface area contributed by atoms with E-state index in [0.717, 1.165) is 12.8 Å². The Kier molecular flexibility index (Phi) is 20.8. The van der Waals surface area contributed by atoms with Gasteiger partial charge in [-0.1, -0.05) is 59.6 Å². The molecule has 0 bridgehead atoms. The highest BCUT2D eigenvalue weighted by Gasteiger charge is 2.79. The summed E-state index contributed by atoms with van der Waals surface area (Å²) in [5, 5.41) is 111. The highest BCUT2D eigenvalue weighted by Crippen LogP contribution is 2.77. The lowest BCUT2D eigenvalue weighted by Gasteiger charge is -2.64. The van der Waals surface area contributed by atoms with Crippen molar-refractivity contribution >= 4 is 22.3 Å². The summed E-state index contributed by atoms with van der Waals surface area (Å²) in [5.74, 6) is -0.620. The normalized spacial score (nSPS) is 50.3. The standard InChI is InChI=1S/C60H96O29S/c1-25(2)12-11-17-59(9)49-32(81-27(4)62)20-58(8)29-13-14-35-56(5,6)36(16-18-57(35,7)28(29)15-19-60(49,58)55(72)88-59)83-53-47(39(67)34(24-79-53)89-90(73,74)75)87-54-48(86-50-40(68)37(65)30(63)22-77-50)41(69)44(26(3)80-54)84-51-42(70)45(31(64)23-78-51)85-52-43(71)46(76-10)38(66)33(21-61)82-52/h13,25-26,28,30-54,61,63-71H,11-12,14-24H2,1-10H3,(H,73,74,75)/t26-,28-,30-,31-,32-,33+,34-,35-,36-,37-,38+,39+,40-,41+,42-,43+,44-,45-,46-,47+,48-,49-,50-,51-,52+,53-,54+,57+,58+,59+,60-/m1/s1.